The number of hydrogen-bond donors (Lipinski definition) is 1. The van der Waals surface area contributed by atoms with Gasteiger partial charge in [-0.05, 0) is 30.0 Å². The normalized spacial score (nSPS) is 26.4. The van der Waals surface area contributed by atoms with Crippen LogP contribution in [0.25, 0.3) is 0 Å². The molecule has 0 saturated carbocycles. The molecule has 116 valence electrons. The lowest BCUT2D eigenvalue weighted by Gasteiger charge is -2.34. The largest absolute Gasteiger partial charge is 0.489 e. The summed E-state index contributed by atoms with van der Waals surface area (Å²) in [5.74, 6) is 2.09. The maximum atomic E-state index is 6.35. The molecule has 1 aromatic carbocycles. The molecule has 21 heavy (non-hydrogen) atoms. The van der Waals surface area contributed by atoms with Gasteiger partial charge in [0.05, 0.1) is 18.2 Å². The molecule has 1 saturated heterocycles. The second-order valence-corrected chi connectivity index (χ2v) is 6.66. The van der Waals surface area contributed by atoms with Gasteiger partial charge in [0.2, 0.25) is 0 Å². The van der Waals surface area contributed by atoms with Gasteiger partial charge in [0.15, 0.2) is 11.5 Å². The van der Waals surface area contributed by atoms with Crippen molar-refractivity contribution < 1.29 is 9.47 Å². The fourth-order valence-corrected chi connectivity index (χ4v) is 3.56. The Bertz CT molecular complexity index is 499. The van der Waals surface area contributed by atoms with E-state index in [4.69, 9.17) is 26.8 Å². The van der Waals surface area contributed by atoms with Crippen molar-refractivity contribution in [1.82, 2.24) is 4.90 Å². The second kappa shape index (κ2) is 6.42. The number of benzene rings is 1. The molecule has 2 unspecified atom stereocenters. The standard InChI is InChI=1S/C16H23ClN2O2/c1-11-5-13(18)10-19(8-11)9-12-6-14(17)16-15(7-12)20-3-2-4-21-16/h6-7,11,13H,2-5,8-10,18H2,1H3. The molecular weight excluding hydrogens is 288 g/mol. The molecule has 2 aliphatic heterocycles. The molecule has 0 spiro atoms. The zero-order valence-corrected chi connectivity index (χ0v) is 13.2. The summed E-state index contributed by atoms with van der Waals surface area (Å²) in [6, 6.07) is 4.31. The highest BCUT2D eigenvalue weighted by Gasteiger charge is 2.23. The van der Waals surface area contributed by atoms with E-state index in [1.54, 1.807) is 0 Å². The summed E-state index contributed by atoms with van der Waals surface area (Å²) in [5.41, 5.74) is 7.28. The molecule has 0 aliphatic carbocycles. The van der Waals surface area contributed by atoms with Gasteiger partial charge in [0.1, 0.15) is 0 Å². The maximum Gasteiger partial charge on any atom is 0.179 e. The van der Waals surface area contributed by atoms with Crippen molar-refractivity contribution in [2.45, 2.75) is 32.4 Å². The van der Waals surface area contributed by atoms with Gasteiger partial charge in [0.25, 0.3) is 0 Å². The molecular formula is C16H23ClN2O2. The number of ether oxygens (including phenoxy) is 2. The SMILES string of the molecule is CC1CC(N)CN(Cc2cc(Cl)c3c(c2)OCCCO3)C1. The summed E-state index contributed by atoms with van der Waals surface area (Å²) in [6.45, 7) is 6.47. The number of halogens is 1. The van der Waals surface area contributed by atoms with E-state index in [1.165, 1.54) is 0 Å². The molecule has 0 bridgehead atoms. The highest BCUT2D eigenvalue weighted by atomic mass is 35.5. The Morgan fingerprint density at radius 3 is 2.90 bits per heavy atom. The zero-order chi connectivity index (χ0) is 14.8. The van der Waals surface area contributed by atoms with E-state index in [2.05, 4.69) is 17.9 Å². The van der Waals surface area contributed by atoms with Crippen molar-refractivity contribution in [2.75, 3.05) is 26.3 Å². The molecule has 2 N–H and O–H groups in total. The van der Waals surface area contributed by atoms with E-state index in [9.17, 15) is 0 Å². The summed E-state index contributed by atoms with van der Waals surface area (Å²) < 4.78 is 11.4. The van der Waals surface area contributed by atoms with Crippen LogP contribution in [0.1, 0.15) is 25.3 Å². The van der Waals surface area contributed by atoms with Crippen LogP contribution >= 0.6 is 11.6 Å². The average molecular weight is 311 g/mol. The average Bonchev–Trinajstić information content (AvgIpc) is 2.63. The van der Waals surface area contributed by atoms with E-state index in [0.717, 1.165) is 43.8 Å². The lowest BCUT2D eigenvalue weighted by Crippen LogP contribution is -2.45. The third-order valence-electron chi connectivity index (χ3n) is 4.04. The predicted molar refractivity (Wildman–Crippen MR) is 84.1 cm³/mol. The Kier molecular flexibility index (Phi) is 4.57. The molecule has 2 heterocycles. The quantitative estimate of drug-likeness (QED) is 0.912. The van der Waals surface area contributed by atoms with Gasteiger partial charge >= 0.3 is 0 Å². The Balaban J connectivity index is 1.76. The van der Waals surface area contributed by atoms with Crippen LogP contribution in [-0.2, 0) is 6.54 Å². The molecule has 4 nitrogen and oxygen atoms in total. The van der Waals surface area contributed by atoms with Gasteiger partial charge in [-0.2, -0.15) is 0 Å². The first-order valence-electron chi connectivity index (χ1n) is 7.68. The Hall–Kier alpha value is -0.970. The number of rotatable bonds is 2. The van der Waals surface area contributed by atoms with Gasteiger partial charge in [-0.1, -0.05) is 18.5 Å². The van der Waals surface area contributed by atoms with E-state index < -0.39 is 0 Å². The van der Waals surface area contributed by atoms with Crippen LogP contribution in [0.15, 0.2) is 12.1 Å². The third-order valence-corrected chi connectivity index (χ3v) is 4.32. The summed E-state index contributed by atoms with van der Waals surface area (Å²) in [4.78, 5) is 2.40. The highest BCUT2D eigenvalue weighted by Crippen LogP contribution is 2.38. The monoisotopic (exact) mass is 310 g/mol. The van der Waals surface area contributed by atoms with Gasteiger partial charge < -0.3 is 15.2 Å². The minimum absolute atomic E-state index is 0.268. The third kappa shape index (κ3) is 3.62. The number of piperidine rings is 1. The van der Waals surface area contributed by atoms with Gasteiger partial charge in [0, 0.05) is 32.1 Å². The fraction of sp³-hybridized carbons (Fsp3) is 0.625. The van der Waals surface area contributed by atoms with Crippen LogP contribution in [0.3, 0.4) is 0 Å². The molecule has 1 fully saturated rings. The highest BCUT2D eigenvalue weighted by molar-refractivity contribution is 6.32. The van der Waals surface area contributed by atoms with Gasteiger partial charge in [-0.25, -0.2) is 0 Å². The second-order valence-electron chi connectivity index (χ2n) is 6.25. The Labute approximate surface area is 131 Å². The summed E-state index contributed by atoms with van der Waals surface area (Å²) in [7, 11) is 0. The van der Waals surface area contributed by atoms with Crippen LogP contribution < -0.4 is 15.2 Å². The zero-order valence-electron chi connectivity index (χ0n) is 12.5. The van der Waals surface area contributed by atoms with E-state index in [-0.39, 0.29) is 6.04 Å². The minimum atomic E-state index is 0.268. The van der Waals surface area contributed by atoms with Crippen molar-refractivity contribution >= 4 is 11.6 Å². The first-order valence-corrected chi connectivity index (χ1v) is 8.05. The van der Waals surface area contributed by atoms with E-state index in [0.29, 0.717) is 29.9 Å². The van der Waals surface area contributed by atoms with Crippen LogP contribution in [-0.4, -0.2) is 37.2 Å². The summed E-state index contributed by atoms with van der Waals surface area (Å²) >= 11 is 6.35. The maximum absolute atomic E-state index is 6.35. The Morgan fingerprint density at radius 1 is 1.29 bits per heavy atom. The lowest BCUT2D eigenvalue weighted by atomic mass is 9.96. The molecule has 2 atom stereocenters. The Morgan fingerprint density at radius 2 is 2.10 bits per heavy atom. The number of hydrogen-bond acceptors (Lipinski definition) is 4. The van der Waals surface area contributed by atoms with Crippen molar-refractivity contribution in [3.8, 4) is 11.5 Å². The molecule has 0 aromatic heterocycles. The predicted octanol–water partition coefficient (Wildman–Crippen LogP) is 2.67. The molecule has 0 radical (unpaired) electrons. The summed E-state index contributed by atoms with van der Waals surface area (Å²) in [5, 5.41) is 0.638. The number of nitrogens with two attached hydrogens (primary N) is 1. The summed E-state index contributed by atoms with van der Waals surface area (Å²) in [6.07, 6.45) is 2.00. The first kappa shape index (κ1) is 14.9. The van der Waals surface area contributed by atoms with E-state index >= 15 is 0 Å². The molecule has 2 aliphatic rings. The van der Waals surface area contributed by atoms with Crippen molar-refractivity contribution in [3.05, 3.63) is 22.7 Å². The molecule has 3 rings (SSSR count). The number of fused-ring (bicyclic) bond motifs is 1. The van der Waals surface area contributed by atoms with Gasteiger partial charge in [-0.15, -0.1) is 0 Å². The van der Waals surface area contributed by atoms with Crippen molar-refractivity contribution in [1.29, 1.82) is 0 Å². The van der Waals surface area contributed by atoms with E-state index in [1.807, 2.05) is 6.07 Å². The van der Waals surface area contributed by atoms with Crippen molar-refractivity contribution in [2.24, 2.45) is 11.7 Å². The number of nitrogens with zero attached hydrogens (tertiary/aromatic N) is 1. The number of likely N-dealkylation sites (tertiary alicyclic amines) is 1. The molecule has 0 amide bonds. The van der Waals surface area contributed by atoms with Crippen LogP contribution in [0.4, 0.5) is 0 Å². The topological polar surface area (TPSA) is 47.7 Å². The smallest absolute Gasteiger partial charge is 0.179 e. The molecule has 1 aromatic rings. The lowest BCUT2D eigenvalue weighted by molar-refractivity contribution is 0.158. The minimum Gasteiger partial charge on any atom is -0.489 e. The van der Waals surface area contributed by atoms with Crippen molar-refractivity contribution in [3.63, 3.8) is 0 Å². The fourth-order valence-electron chi connectivity index (χ4n) is 3.28. The first-order chi connectivity index (χ1) is 10.1. The van der Waals surface area contributed by atoms with Crippen LogP contribution in [0.2, 0.25) is 5.02 Å². The van der Waals surface area contributed by atoms with Crippen LogP contribution in [0.5, 0.6) is 11.5 Å². The van der Waals surface area contributed by atoms with Crippen LogP contribution in [0, 0.1) is 5.92 Å². The van der Waals surface area contributed by atoms with Gasteiger partial charge in [-0.3, -0.25) is 4.90 Å². The molecule has 5 heteroatoms.